The van der Waals surface area contributed by atoms with Gasteiger partial charge in [0.05, 0.1) is 16.4 Å². The maximum atomic E-state index is 14.4. The van der Waals surface area contributed by atoms with Gasteiger partial charge in [-0.15, -0.1) is 0 Å². The third-order valence-electron chi connectivity index (χ3n) is 5.68. The normalized spacial score (nSPS) is 25.6. The number of hydrogen-bond donors (Lipinski definition) is 1. The molecule has 1 saturated heterocycles. The Morgan fingerprint density at radius 3 is 2.56 bits per heavy atom. The Labute approximate surface area is 198 Å². The maximum absolute atomic E-state index is 14.4. The second-order valence-corrected chi connectivity index (χ2v) is 8.83. The molecule has 1 aromatic heterocycles. The number of rotatable bonds is 4. The highest BCUT2D eigenvalue weighted by Gasteiger charge is 2.65. The second-order valence-electron chi connectivity index (χ2n) is 7.39. The molecule has 1 aromatic carbocycles. The second kappa shape index (κ2) is 8.90. The number of halogens is 7. The molecule has 174 valence electrons. The molecule has 2 heterocycles. The molecule has 5 nitrogen and oxygen atoms in total. The fraction of sp³-hybridized carbons (Fsp3) is 0.400. The SMILES string of the molecule is COc1c([C@H]2[C@H](C(=O)Nc3ccnc(Cl)c3I)O[C@@](C)(C(F)(F)F)[C@H]2C)ccc(F)c1F. The van der Waals surface area contributed by atoms with Gasteiger partial charge >= 0.3 is 6.18 Å². The minimum atomic E-state index is -4.85. The number of amides is 1. The third-order valence-corrected chi connectivity index (χ3v) is 7.37. The van der Waals surface area contributed by atoms with Gasteiger partial charge in [0, 0.05) is 23.6 Å². The van der Waals surface area contributed by atoms with Crippen LogP contribution in [0.25, 0.3) is 0 Å². The number of aromatic nitrogens is 1. The first kappa shape index (κ1) is 24.9. The summed E-state index contributed by atoms with van der Waals surface area (Å²) in [6, 6.07) is 3.28. The van der Waals surface area contributed by atoms with E-state index >= 15 is 0 Å². The lowest BCUT2D eigenvalue weighted by Gasteiger charge is -2.32. The van der Waals surface area contributed by atoms with Crippen molar-refractivity contribution in [1.82, 2.24) is 4.98 Å². The number of nitrogens with zero attached hydrogens (tertiary/aromatic N) is 1. The molecule has 0 aliphatic carbocycles. The molecule has 0 spiro atoms. The monoisotopic (exact) mass is 590 g/mol. The lowest BCUT2D eigenvalue weighted by atomic mass is 9.77. The molecular formula is C20H17ClF5IN2O3. The first-order chi connectivity index (χ1) is 14.8. The van der Waals surface area contributed by atoms with Gasteiger partial charge in [-0.3, -0.25) is 4.79 Å². The van der Waals surface area contributed by atoms with Crippen LogP contribution in [0.1, 0.15) is 25.3 Å². The van der Waals surface area contributed by atoms with Gasteiger partial charge in [0.15, 0.2) is 17.2 Å². The molecular weight excluding hydrogens is 574 g/mol. The van der Waals surface area contributed by atoms with Crippen LogP contribution in [0.4, 0.5) is 27.6 Å². The van der Waals surface area contributed by atoms with Crippen molar-refractivity contribution in [2.24, 2.45) is 5.92 Å². The van der Waals surface area contributed by atoms with Gasteiger partial charge in [0.2, 0.25) is 5.82 Å². The van der Waals surface area contributed by atoms with Crippen LogP contribution < -0.4 is 10.1 Å². The molecule has 4 atom stereocenters. The summed E-state index contributed by atoms with van der Waals surface area (Å²) in [6.45, 7) is 2.05. The van der Waals surface area contributed by atoms with E-state index < -0.39 is 53.0 Å². The maximum Gasteiger partial charge on any atom is 0.417 e. The highest BCUT2D eigenvalue weighted by Crippen LogP contribution is 2.55. The van der Waals surface area contributed by atoms with Crippen molar-refractivity contribution in [2.45, 2.75) is 37.6 Å². The molecule has 32 heavy (non-hydrogen) atoms. The van der Waals surface area contributed by atoms with Crippen molar-refractivity contribution in [3.05, 3.63) is 50.3 Å². The number of alkyl halides is 3. The summed E-state index contributed by atoms with van der Waals surface area (Å²) in [4.78, 5) is 16.9. The average Bonchev–Trinajstić information content (AvgIpc) is 2.99. The Morgan fingerprint density at radius 2 is 1.97 bits per heavy atom. The van der Waals surface area contributed by atoms with Crippen molar-refractivity contribution < 1.29 is 36.2 Å². The molecule has 3 rings (SSSR count). The zero-order valence-electron chi connectivity index (χ0n) is 16.9. The molecule has 0 bridgehead atoms. The number of methoxy groups -OCH3 is 1. The van der Waals surface area contributed by atoms with Crippen LogP contribution in [0.15, 0.2) is 24.4 Å². The van der Waals surface area contributed by atoms with E-state index in [1.807, 2.05) is 22.6 Å². The quantitative estimate of drug-likeness (QED) is 0.282. The molecule has 0 unspecified atom stereocenters. The predicted molar refractivity (Wildman–Crippen MR) is 115 cm³/mol. The smallest absolute Gasteiger partial charge is 0.417 e. The first-order valence-corrected chi connectivity index (χ1v) is 10.7. The average molecular weight is 591 g/mol. The Kier molecular flexibility index (Phi) is 6.93. The van der Waals surface area contributed by atoms with E-state index in [0.717, 1.165) is 26.2 Å². The van der Waals surface area contributed by atoms with Crippen molar-refractivity contribution in [3.8, 4) is 5.75 Å². The summed E-state index contributed by atoms with van der Waals surface area (Å²) in [5.74, 6) is -6.76. The number of nitrogens with one attached hydrogen (secondary N) is 1. The van der Waals surface area contributed by atoms with E-state index in [9.17, 15) is 26.7 Å². The highest BCUT2D eigenvalue weighted by atomic mass is 127. The number of carbonyl (C=O) groups is 1. The Hall–Kier alpha value is -1.73. The van der Waals surface area contributed by atoms with Gasteiger partial charge in [-0.25, -0.2) is 9.37 Å². The molecule has 12 heteroatoms. The summed E-state index contributed by atoms with van der Waals surface area (Å²) < 4.78 is 80.5. The van der Waals surface area contributed by atoms with Crippen LogP contribution >= 0.6 is 34.2 Å². The Morgan fingerprint density at radius 1 is 1.31 bits per heavy atom. The van der Waals surface area contributed by atoms with Crippen molar-refractivity contribution in [1.29, 1.82) is 0 Å². The molecule has 1 fully saturated rings. The third kappa shape index (κ3) is 4.14. The van der Waals surface area contributed by atoms with Crippen LogP contribution in [-0.4, -0.2) is 35.9 Å². The molecule has 2 aromatic rings. The van der Waals surface area contributed by atoms with E-state index in [4.69, 9.17) is 21.1 Å². The van der Waals surface area contributed by atoms with Gasteiger partial charge < -0.3 is 14.8 Å². The summed E-state index contributed by atoms with van der Waals surface area (Å²) in [5.41, 5.74) is -2.64. The lowest BCUT2D eigenvalue weighted by Crippen LogP contribution is -2.47. The van der Waals surface area contributed by atoms with Gasteiger partial charge in [0.25, 0.3) is 5.91 Å². The Balaban J connectivity index is 2.11. The highest BCUT2D eigenvalue weighted by molar-refractivity contribution is 14.1. The number of hydrogen-bond acceptors (Lipinski definition) is 4. The summed E-state index contributed by atoms with van der Waals surface area (Å²) in [6.07, 6.45) is -5.23. The van der Waals surface area contributed by atoms with Crippen molar-refractivity contribution in [2.75, 3.05) is 12.4 Å². The summed E-state index contributed by atoms with van der Waals surface area (Å²) >= 11 is 7.76. The Bertz CT molecular complexity index is 1050. The molecule has 1 aliphatic heterocycles. The first-order valence-electron chi connectivity index (χ1n) is 9.20. The number of benzene rings is 1. The van der Waals surface area contributed by atoms with Crippen LogP contribution in [0.2, 0.25) is 5.15 Å². The van der Waals surface area contributed by atoms with Gasteiger partial charge in [-0.1, -0.05) is 24.6 Å². The number of ether oxygens (including phenoxy) is 2. The fourth-order valence-corrected chi connectivity index (χ4v) is 4.37. The number of carbonyl (C=O) groups excluding carboxylic acids is 1. The van der Waals surface area contributed by atoms with Gasteiger partial charge in [-0.2, -0.15) is 17.6 Å². The molecule has 1 N–H and O–H groups in total. The van der Waals surface area contributed by atoms with Crippen LogP contribution in [0.5, 0.6) is 5.75 Å². The fourth-order valence-electron chi connectivity index (χ4n) is 3.76. The van der Waals surface area contributed by atoms with E-state index in [-0.39, 0.29) is 16.4 Å². The predicted octanol–water partition coefficient (Wildman–Crippen LogP) is 5.70. The van der Waals surface area contributed by atoms with Crippen molar-refractivity contribution >= 4 is 45.8 Å². The molecule has 1 aliphatic rings. The zero-order chi connectivity index (χ0) is 24.0. The van der Waals surface area contributed by atoms with Crippen molar-refractivity contribution in [3.63, 3.8) is 0 Å². The summed E-state index contributed by atoms with van der Waals surface area (Å²) in [7, 11) is 1.06. The topological polar surface area (TPSA) is 60.5 Å². The van der Waals surface area contributed by atoms with Crippen LogP contribution in [0.3, 0.4) is 0 Å². The lowest BCUT2D eigenvalue weighted by molar-refractivity contribution is -0.272. The molecule has 1 amide bonds. The minimum absolute atomic E-state index is 0.0862. The van der Waals surface area contributed by atoms with Gasteiger partial charge in [0.1, 0.15) is 11.3 Å². The largest absolute Gasteiger partial charge is 0.493 e. The molecule has 0 radical (unpaired) electrons. The number of pyridine rings is 1. The van der Waals surface area contributed by atoms with Crippen LogP contribution in [-0.2, 0) is 9.53 Å². The standard InChI is InChI=1S/C20H17ClF5IN2O3/c1-8-12(9-4-5-10(22)13(23)15(9)31-3)16(32-19(8,2)20(24,25)26)18(30)29-11-6-7-28-17(21)14(11)27/h4-8,12,16H,1-3H3,(H,28,29,30)/t8-,12-,16+,19+/m0/s1. The minimum Gasteiger partial charge on any atom is -0.493 e. The van der Waals surface area contributed by atoms with E-state index in [1.165, 1.54) is 19.2 Å². The summed E-state index contributed by atoms with van der Waals surface area (Å²) in [5, 5.41) is 2.58. The van der Waals surface area contributed by atoms with Crippen LogP contribution in [0, 0.1) is 21.1 Å². The van der Waals surface area contributed by atoms with E-state index in [2.05, 4.69) is 10.3 Å². The van der Waals surface area contributed by atoms with E-state index in [1.54, 1.807) is 0 Å². The van der Waals surface area contributed by atoms with E-state index in [0.29, 0.717) is 3.57 Å². The van der Waals surface area contributed by atoms with Gasteiger partial charge in [-0.05, 0) is 41.6 Å². The number of anilines is 1. The molecule has 0 saturated carbocycles. The zero-order valence-corrected chi connectivity index (χ0v) is 19.8.